The molecule has 0 saturated carbocycles. The minimum atomic E-state index is -0.492. The maximum atomic E-state index is 12.7. The van der Waals surface area contributed by atoms with Crippen LogP contribution in [0.15, 0.2) is 22.7 Å². The minimum absolute atomic E-state index is 0.0611. The molecule has 0 aliphatic carbocycles. The molecule has 0 saturated heterocycles. The molecule has 1 atom stereocenters. The number of amides is 1. The zero-order valence-electron chi connectivity index (χ0n) is 13.9. The molecule has 24 heavy (non-hydrogen) atoms. The lowest BCUT2D eigenvalue weighted by Crippen LogP contribution is -2.30. The maximum absolute atomic E-state index is 12.7. The molecule has 7 nitrogen and oxygen atoms in total. The van der Waals surface area contributed by atoms with Crippen molar-refractivity contribution < 1.29 is 14.2 Å². The van der Waals surface area contributed by atoms with Crippen LogP contribution in [0.1, 0.15) is 35.4 Å². The van der Waals surface area contributed by atoms with Crippen molar-refractivity contribution in [3.05, 3.63) is 55.9 Å². The monoisotopic (exact) mass is 351 g/mol. The Bertz CT molecular complexity index is 768. The van der Waals surface area contributed by atoms with Crippen LogP contribution >= 0.6 is 11.6 Å². The number of nitrogens with zero attached hydrogens (tertiary/aromatic N) is 3. The van der Waals surface area contributed by atoms with Crippen molar-refractivity contribution in [1.82, 2.24) is 10.1 Å². The van der Waals surface area contributed by atoms with Gasteiger partial charge in [0.15, 0.2) is 0 Å². The Kier molecular flexibility index (Phi) is 5.23. The summed E-state index contributed by atoms with van der Waals surface area (Å²) in [5.41, 5.74) is 1.90. The second-order valence-electron chi connectivity index (χ2n) is 5.69. The van der Waals surface area contributed by atoms with E-state index in [-0.39, 0.29) is 18.1 Å². The molecule has 0 radical (unpaired) electrons. The third kappa shape index (κ3) is 3.56. The number of carbonyl (C=O) groups excluding carboxylic acids is 1. The molecule has 128 valence electrons. The number of benzene rings is 1. The fourth-order valence-electron chi connectivity index (χ4n) is 2.69. The summed E-state index contributed by atoms with van der Waals surface area (Å²) in [5, 5.41) is 15.1. The predicted molar refractivity (Wildman–Crippen MR) is 89.0 cm³/mol. The second kappa shape index (κ2) is 7.00. The van der Waals surface area contributed by atoms with Gasteiger partial charge in [0.2, 0.25) is 5.91 Å². The molecule has 0 aliphatic heterocycles. The van der Waals surface area contributed by atoms with E-state index in [1.165, 1.54) is 23.1 Å². The molecule has 0 aliphatic rings. The van der Waals surface area contributed by atoms with Crippen molar-refractivity contribution in [2.75, 3.05) is 7.05 Å². The van der Waals surface area contributed by atoms with Gasteiger partial charge in [-0.15, -0.1) is 0 Å². The topological polar surface area (TPSA) is 89.5 Å². The first kappa shape index (κ1) is 17.9. The number of carbonyl (C=O) groups is 1. The third-order valence-corrected chi connectivity index (χ3v) is 4.28. The highest BCUT2D eigenvalue weighted by molar-refractivity contribution is 6.31. The van der Waals surface area contributed by atoms with Gasteiger partial charge in [-0.2, -0.15) is 0 Å². The van der Waals surface area contributed by atoms with E-state index in [0.717, 1.165) is 5.56 Å². The van der Waals surface area contributed by atoms with Crippen molar-refractivity contribution in [2.24, 2.45) is 0 Å². The van der Waals surface area contributed by atoms with E-state index in [0.29, 0.717) is 22.0 Å². The predicted octanol–water partition coefficient (Wildman–Crippen LogP) is 3.62. The molecular weight excluding hydrogens is 334 g/mol. The van der Waals surface area contributed by atoms with Gasteiger partial charge in [-0.25, -0.2) is 0 Å². The molecule has 0 N–H and O–H groups in total. The van der Waals surface area contributed by atoms with Crippen LogP contribution in [0, 0.1) is 24.0 Å². The van der Waals surface area contributed by atoms with E-state index in [2.05, 4.69) is 5.16 Å². The van der Waals surface area contributed by atoms with Gasteiger partial charge in [0.1, 0.15) is 5.76 Å². The van der Waals surface area contributed by atoms with Crippen molar-refractivity contribution in [3.63, 3.8) is 0 Å². The van der Waals surface area contributed by atoms with Crippen LogP contribution in [-0.4, -0.2) is 27.9 Å². The summed E-state index contributed by atoms with van der Waals surface area (Å²) in [5.74, 6) is 0.0285. The number of aromatic nitrogens is 1. The molecule has 0 unspecified atom stereocenters. The summed E-state index contributed by atoms with van der Waals surface area (Å²) >= 11 is 6.09. The second-order valence-corrected chi connectivity index (χ2v) is 6.09. The lowest BCUT2D eigenvalue weighted by atomic mass is 9.98. The van der Waals surface area contributed by atoms with Crippen LogP contribution < -0.4 is 0 Å². The summed E-state index contributed by atoms with van der Waals surface area (Å²) in [6.07, 6.45) is 0. The Morgan fingerprint density at radius 3 is 2.67 bits per heavy atom. The van der Waals surface area contributed by atoms with E-state index in [1.54, 1.807) is 27.8 Å². The van der Waals surface area contributed by atoms with E-state index in [4.69, 9.17) is 16.1 Å². The summed E-state index contributed by atoms with van der Waals surface area (Å²) in [7, 11) is 1.63. The lowest BCUT2D eigenvalue weighted by molar-refractivity contribution is -0.384. The molecule has 1 aromatic carbocycles. The van der Waals surface area contributed by atoms with Gasteiger partial charge in [0.25, 0.3) is 5.69 Å². The molecule has 1 heterocycles. The normalized spacial score (nSPS) is 12.0. The molecule has 0 bridgehead atoms. The number of nitro groups is 1. The zero-order valence-corrected chi connectivity index (χ0v) is 14.6. The number of rotatable bonds is 5. The summed E-state index contributed by atoms with van der Waals surface area (Å²) in [6, 6.07) is 4.18. The van der Waals surface area contributed by atoms with Crippen molar-refractivity contribution in [2.45, 2.75) is 33.2 Å². The quantitative estimate of drug-likeness (QED) is 0.606. The summed E-state index contributed by atoms with van der Waals surface area (Å²) in [6.45, 7) is 5.50. The lowest BCUT2D eigenvalue weighted by Gasteiger charge is -2.22. The van der Waals surface area contributed by atoms with Crippen LogP contribution in [0.5, 0.6) is 0 Å². The standard InChI is InChI=1S/C16H18ClN3O4/c1-9(15-10(2)18-24-11(15)3)16(21)19(4)8-12-7-13(20(22)23)5-6-14(12)17/h5-7,9H,8H2,1-4H3/t9-/m1/s1. The Balaban J connectivity index is 2.20. The van der Waals surface area contributed by atoms with Crippen LogP contribution in [0.25, 0.3) is 0 Å². The smallest absolute Gasteiger partial charge is 0.269 e. The van der Waals surface area contributed by atoms with E-state index < -0.39 is 10.8 Å². The van der Waals surface area contributed by atoms with Gasteiger partial charge in [-0.05, 0) is 32.4 Å². The van der Waals surface area contributed by atoms with Crippen LogP contribution in [0.2, 0.25) is 5.02 Å². The zero-order chi connectivity index (χ0) is 18.0. The number of hydrogen-bond acceptors (Lipinski definition) is 5. The van der Waals surface area contributed by atoms with E-state index >= 15 is 0 Å². The van der Waals surface area contributed by atoms with Crippen LogP contribution in [0.3, 0.4) is 0 Å². The number of aryl methyl sites for hydroxylation is 2. The fourth-order valence-corrected chi connectivity index (χ4v) is 2.87. The largest absolute Gasteiger partial charge is 0.361 e. The third-order valence-electron chi connectivity index (χ3n) is 3.92. The maximum Gasteiger partial charge on any atom is 0.269 e. The molecule has 2 aromatic rings. The summed E-state index contributed by atoms with van der Waals surface area (Å²) in [4.78, 5) is 24.5. The molecule has 1 aromatic heterocycles. The molecule has 2 rings (SSSR count). The number of likely N-dealkylation sites (N-methyl/N-ethyl adjacent to an activating group) is 1. The SMILES string of the molecule is Cc1noc(C)c1[C@@H](C)C(=O)N(C)Cc1cc([N+](=O)[O-])ccc1Cl. The first-order chi connectivity index (χ1) is 11.2. The fraction of sp³-hybridized carbons (Fsp3) is 0.375. The molecular formula is C16H18ClN3O4. The van der Waals surface area contributed by atoms with Gasteiger partial charge in [0.05, 0.1) is 16.5 Å². The van der Waals surface area contributed by atoms with Crippen molar-refractivity contribution >= 4 is 23.2 Å². The average Bonchev–Trinajstić information content (AvgIpc) is 2.86. The van der Waals surface area contributed by atoms with Gasteiger partial charge in [-0.3, -0.25) is 14.9 Å². The number of nitro benzene ring substituents is 1. The van der Waals surface area contributed by atoms with Gasteiger partial charge < -0.3 is 9.42 Å². The van der Waals surface area contributed by atoms with E-state index in [1.807, 2.05) is 0 Å². The Labute approximate surface area is 144 Å². The highest BCUT2D eigenvalue weighted by Gasteiger charge is 2.26. The Hall–Kier alpha value is -2.41. The Morgan fingerprint density at radius 2 is 2.12 bits per heavy atom. The molecule has 0 fully saturated rings. The molecule has 0 spiro atoms. The molecule has 8 heteroatoms. The van der Waals surface area contributed by atoms with Gasteiger partial charge in [-0.1, -0.05) is 16.8 Å². The van der Waals surface area contributed by atoms with Crippen molar-refractivity contribution in [3.8, 4) is 0 Å². The van der Waals surface area contributed by atoms with Crippen LogP contribution in [0.4, 0.5) is 5.69 Å². The Morgan fingerprint density at radius 1 is 1.46 bits per heavy atom. The first-order valence-corrected chi connectivity index (χ1v) is 7.70. The van der Waals surface area contributed by atoms with E-state index in [9.17, 15) is 14.9 Å². The summed E-state index contributed by atoms with van der Waals surface area (Å²) < 4.78 is 5.11. The van der Waals surface area contributed by atoms with Gasteiger partial charge in [0, 0.05) is 36.3 Å². The number of hydrogen-bond donors (Lipinski definition) is 0. The number of halogens is 1. The average molecular weight is 352 g/mol. The van der Waals surface area contributed by atoms with Gasteiger partial charge >= 0.3 is 0 Å². The highest BCUT2D eigenvalue weighted by Crippen LogP contribution is 2.27. The first-order valence-electron chi connectivity index (χ1n) is 7.33. The molecule has 1 amide bonds. The number of non-ortho nitro benzene ring substituents is 1. The highest BCUT2D eigenvalue weighted by atomic mass is 35.5. The van der Waals surface area contributed by atoms with Crippen molar-refractivity contribution in [1.29, 1.82) is 0 Å². The van der Waals surface area contributed by atoms with Crippen LogP contribution in [-0.2, 0) is 11.3 Å². The minimum Gasteiger partial charge on any atom is -0.361 e.